The molecule has 7 heteroatoms. The van der Waals surface area contributed by atoms with Crippen molar-refractivity contribution < 1.29 is 13.2 Å². The van der Waals surface area contributed by atoms with E-state index in [1.54, 1.807) is 26.0 Å². The third-order valence-electron chi connectivity index (χ3n) is 3.87. The molecule has 3 aromatic rings. The van der Waals surface area contributed by atoms with E-state index in [4.69, 9.17) is 0 Å². The first kappa shape index (κ1) is 18.2. The number of nitrogens with one attached hydrogen (secondary N) is 3. The molecule has 0 fully saturated rings. The van der Waals surface area contributed by atoms with Crippen LogP contribution in [0, 0.1) is 0 Å². The summed E-state index contributed by atoms with van der Waals surface area (Å²) in [4.78, 5) is 15.6. The molecule has 1 amide bonds. The van der Waals surface area contributed by atoms with Gasteiger partial charge in [-0.3, -0.25) is 4.79 Å². The number of aromatic nitrogens is 1. The lowest BCUT2D eigenvalue weighted by Crippen LogP contribution is -2.30. The van der Waals surface area contributed by atoms with Crippen LogP contribution in [-0.4, -0.2) is 25.4 Å². The summed E-state index contributed by atoms with van der Waals surface area (Å²) in [5.74, 6) is -0.161. The Labute approximate surface area is 152 Å². The van der Waals surface area contributed by atoms with Crippen molar-refractivity contribution in [1.82, 2.24) is 9.71 Å². The zero-order valence-electron chi connectivity index (χ0n) is 14.6. The Morgan fingerprint density at radius 3 is 2.46 bits per heavy atom. The Bertz CT molecular complexity index is 1020. The largest absolute Gasteiger partial charge is 0.361 e. The quantitative estimate of drug-likeness (QED) is 0.622. The molecule has 0 saturated heterocycles. The number of amides is 1. The SMILES string of the molecule is CC(C)NS(=O)(=O)c1ccc(NC(=O)Cc2c[nH]c3ccccc23)cc1. The van der Waals surface area contributed by atoms with Gasteiger partial charge in [0.25, 0.3) is 0 Å². The van der Waals surface area contributed by atoms with Crippen LogP contribution in [0.5, 0.6) is 0 Å². The number of aromatic amines is 1. The molecule has 136 valence electrons. The molecule has 6 nitrogen and oxygen atoms in total. The van der Waals surface area contributed by atoms with Gasteiger partial charge in [0.05, 0.1) is 11.3 Å². The first-order valence-corrected chi connectivity index (χ1v) is 9.81. The van der Waals surface area contributed by atoms with Crippen LogP contribution < -0.4 is 10.0 Å². The summed E-state index contributed by atoms with van der Waals surface area (Å²) in [5.41, 5.74) is 2.46. The fourth-order valence-electron chi connectivity index (χ4n) is 2.75. The molecule has 0 aliphatic carbocycles. The van der Waals surface area contributed by atoms with E-state index in [1.807, 2.05) is 30.5 Å². The number of carbonyl (C=O) groups is 1. The maximum atomic E-state index is 12.3. The number of H-pyrrole nitrogens is 1. The second-order valence-corrected chi connectivity index (χ2v) is 8.10. The molecule has 0 atom stereocenters. The molecule has 0 spiro atoms. The second kappa shape index (κ2) is 7.31. The molecule has 1 heterocycles. The number of hydrogen-bond acceptors (Lipinski definition) is 3. The second-order valence-electron chi connectivity index (χ2n) is 6.38. The third-order valence-corrected chi connectivity index (χ3v) is 5.54. The number of rotatable bonds is 6. The molecule has 1 aromatic heterocycles. The van der Waals surface area contributed by atoms with Crippen molar-refractivity contribution in [1.29, 1.82) is 0 Å². The van der Waals surface area contributed by atoms with E-state index in [0.717, 1.165) is 16.5 Å². The molecule has 0 aliphatic rings. The lowest BCUT2D eigenvalue weighted by molar-refractivity contribution is -0.115. The van der Waals surface area contributed by atoms with Crippen molar-refractivity contribution in [2.24, 2.45) is 0 Å². The third kappa shape index (κ3) is 4.12. The van der Waals surface area contributed by atoms with E-state index in [2.05, 4.69) is 15.0 Å². The van der Waals surface area contributed by atoms with Gasteiger partial charge in [0.1, 0.15) is 0 Å². The standard InChI is InChI=1S/C19H21N3O3S/c1-13(2)22-26(24,25)16-9-7-15(8-10-16)21-19(23)11-14-12-20-18-6-4-3-5-17(14)18/h3-10,12-13,20,22H,11H2,1-2H3,(H,21,23). The van der Waals surface area contributed by atoms with Crippen molar-refractivity contribution in [3.8, 4) is 0 Å². The van der Waals surface area contributed by atoms with Gasteiger partial charge in [-0.05, 0) is 49.7 Å². The molecule has 2 aromatic carbocycles. The maximum absolute atomic E-state index is 12.3. The Kier molecular flexibility index (Phi) is 5.11. The molecule has 26 heavy (non-hydrogen) atoms. The van der Waals surface area contributed by atoms with Gasteiger partial charge in [-0.15, -0.1) is 0 Å². The normalized spacial score (nSPS) is 11.8. The van der Waals surface area contributed by atoms with Gasteiger partial charge in [0.2, 0.25) is 15.9 Å². The molecule has 0 aliphatic heterocycles. The van der Waals surface area contributed by atoms with Crippen LogP contribution in [0.15, 0.2) is 59.6 Å². The predicted octanol–water partition coefficient (Wildman–Crippen LogP) is 3.04. The van der Waals surface area contributed by atoms with E-state index < -0.39 is 10.0 Å². The lowest BCUT2D eigenvalue weighted by Gasteiger charge is -2.10. The van der Waals surface area contributed by atoms with Gasteiger partial charge in [0, 0.05) is 28.8 Å². The van der Waals surface area contributed by atoms with Gasteiger partial charge >= 0.3 is 0 Å². The monoisotopic (exact) mass is 371 g/mol. The molecular weight excluding hydrogens is 350 g/mol. The summed E-state index contributed by atoms with van der Waals surface area (Å²) in [5, 5.41) is 3.81. The lowest BCUT2D eigenvalue weighted by atomic mass is 10.1. The number of carbonyl (C=O) groups excluding carboxylic acids is 1. The molecular formula is C19H21N3O3S. The highest BCUT2D eigenvalue weighted by Crippen LogP contribution is 2.19. The van der Waals surface area contributed by atoms with E-state index in [0.29, 0.717) is 5.69 Å². The van der Waals surface area contributed by atoms with Crippen molar-refractivity contribution in [2.75, 3.05) is 5.32 Å². The van der Waals surface area contributed by atoms with Crippen molar-refractivity contribution >= 4 is 32.5 Å². The topological polar surface area (TPSA) is 91.1 Å². The van der Waals surface area contributed by atoms with Crippen molar-refractivity contribution in [2.45, 2.75) is 31.2 Å². The molecule has 0 bridgehead atoms. The Morgan fingerprint density at radius 1 is 1.08 bits per heavy atom. The summed E-state index contributed by atoms with van der Waals surface area (Å²) < 4.78 is 26.7. The molecule has 0 saturated carbocycles. The Morgan fingerprint density at radius 2 is 1.77 bits per heavy atom. The first-order valence-electron chi connectivity index (χ1n) is 8.32. The summed E-state index contributed by atoms with van der Waals surface area (Å²) in [6, 6.07) is 13.7. The Balaban J connectivity index is 1.68. The fraction of sp³-hybridized carbons (Fsp3) is 0.211. The van der Waals surface area contributed by atoms with Crippen LogP contribution >= 0.6 is 0 Å². The summed E-state index contributed by atoms with van der Waals surface area (Å²) in [7, 11) is -3.54. The number of hydrogen-bond donors (Lipinski definition) is 3. The minimum atomic E-state index is -3.54. The van der Waals surface area contributed by atoms with Crippen LogP contribution in [0.1, 0.15) is 19.4 Å². The molecule has 0 unspecified atom stereocenters. The number of sulfonamides is 1. The van der Waals surface area contributed by atoms with Crippen LogP contribution in [0.3, 0.4) is 0 Å². The number of para-hydroxylation sites is 1. The Hall–Kier alpha value is -2.64. The average molecular weight is 371 g/mol. The fourth-order valence-corrected chi connectivity index (χ4v) is 4.00. The van der Waals surface area contributed by atoms with Crippen LogP contribution in [-0.2, 0) is 21.2 Å². The van der Waals surface area contributed by atoms with Crippen LogP contribution in [0.2, 0.25) is 0 Å². The van der Waals surface area contributed by atoms with E-state index in [-0.39, 0.29) is 23.3 Å². The maximum Gasteiger partial charge on any atom is 0.240 e. The molecule has 3 rings (SSSR count). The highest BCUT2D eigenvalue weighted by Gasteiger charge is 2.15. The smallest absolute Gasteiger partial charge is 0.240 e. The van der Waals surface area contributed by atoms with Crippen LogP contribution in [0.4, 0.5) is 5.69 Å². The summed E-state index contributed by atoms with van der Waals surface area (Å²) >= 11 is 0. The van der Waals surface area contributed by atoms with Gasteiger partial charge in [-0.25, -0.2) is 13.1 Å². The number of benzene rings is 2. The van der Waals surface area contributed by atoms with E-state index >= 15 is 0 Å². The highest BCUT2D eigenvalue weighted by atomic mass is 32.2. The molecule has 3 N–H and O–H groups in total. The average Bonchev–Trinajstić information content (AvgIpc) is 2.97. The van der Waals surface area contributed by atoms with Crippen molar-refractivity contribution in [3.63, 3.8) is 0 Å². The summed E-state index contributed by atoms with van der Waals surface area (Å²) in [6.45, 7) is 3.52. The zero-order valence-corrected chi connectivity index (χ0v) is 15.4. The number of anilines is 1. The van der Waals surface area contributed by atoms with Crippen molar-refractivity contribution in [3.05, 3.63) is 60.3 Å². The first-order chi connectivity index (χ1) is 12.3. The predicted molar refractivity (Wildman–Crippen MR) is 103 cm³/mol. The highest BCUT2D eigenvalue weighted by molar-refractivity contribution is 7.89. The number of fused-ring (bicyclic) bond motifs is 1. The van der Waals surface area contributed by atoms with Gasteiger partial charge in [-0.2, -0.15) is 0 Å². The minimum Gasteiger partial charge on any atom is -0.361 e. The van der Waals surface area contributed by atoms with Gasteiger partial charge in [0.15, 0.2) is 0 Å². The summed E-state index contributed by atoms with van der Waals surface area (Å²) in [6.07, 6.45) is 2.07. The van der Waals surface area contributed by atoms with E-state index in [9.17, 15) is 13.2 Å². The van der Waals surface area contributed by atoms with Gasteiger partial charge < -0.3 is 10.3 Å². The zero-order chi connectivity index (χ0) is 18.7. The van der Waals surface area contributed by atoms with Gasteiger partial charge in [-0.1, -0.05) is 18.2 Å². The van der Waals surface area contributed by atoms with E-state index in [1.165, 1.54) is 12.1 Å². The minimum absolute atomic E-state index is 0.161. The van der Waals surface area contributed by atoms with Crippen LogP contribution in [0.25, 0.3) is 10.9 Å². The molecule has 0 radical (unpaired) electrons.